The molecule has 19 heavy (non-hydrogen) atoms. The van der Waals surface area contributed by atoms with Crippen LogP contribution in [0, 0.1) is 0 Å². The molecule has 2 rings (SSSR count). The highest BCUT2D eigenvalue weighted by Gasteiger charge is 2.07. The third kappa shape index (κ3) is 5.43. The zero-order valence-corrected chi connectivity index (χ0v) is 11.6. The molecule has 0 aliphatic carbocycles. The van der Waals surface area contributed by atoms with Crippen LogP contribution in [0.25, 0.3) is 0 Å². The molecule has 2 nitrogen and oxygen atoms in total. The molecular formula is C16H20ClNO. The maximum Gasteiger partial charge on any atom is 0.128 e. The monoisotopic (exact) mass is 277 g/mol. The highest BCUT2D eigenvalue weighted by atomic mass is 35.5. The predicted octanol–water partition coefficient (Wildman–Crippen LogP) is -1.47. The number of aliphatic hydroxyl groups excluding tert-OH is 1. The summed E-state index contributed by atoms with van der Waals surface area (Å²) in [7, 11) is 0. The van der Waals surface area contributed by atoms with E-state index in [1.54, 1.807) is 0 Å². The Kier molecular flexibility index (Phi) is 7.19. The van der Waals surface area contributed by atoms with Crippen LogP contribution in [0.4, 0.5) is 0 Å². The molecule has 1 unspecified atom stereocenters. The van der Waals surface area contributed by atoms with Crippen LogP contribution < -0.4 is 17.7 Å². The van der Waals surface area contributed by atoms with Gasteiger partial charge in [-0.15, -0.1) is 0 Å². The van der Waals surface area contributed by atoms with Crippen molar-refractivity contribution in [3.63, 3.8) is 0 Å². The summed E-state index contributed by atoms with van der Waals surface area (Å²) in [5.41, 5.74) is 2.34. The van der Waals surface area contributed by atoms with Gasteiger partial charge in [-0.2, -0.15) is 0 Å². The second-order valence-corrected chi connectivity index (χ2v) is 4.48. The van der Waals surface area contributed by atoms with E-state index in [-0.39, 0.29) is 18.5 Å². The molecule has 0 saturated carbocycles. The van der Waals surface area contributed by atoms with E-state index in [1.165, 1.54) is 5.56 Å². The van der Waals surface area contributed by atoms with Crippen LogP contribution in [0.5, 0.6) is 0 Å². The van der Waals surface area contributed by atoms with Gasteiger partial charge in [0.05, 0.1) is 6.54 Å². The van der Waals surface area contributed by atoms with Gasteiger partial charge in [0, 0.05) is 6.42 Å². The number of hydrogen-bond donors (Lipinski definition) is 2. The van der Waals surface area contributed by atoms with Crippen LogP contribution >= 0.6 is 0 Å². The van der Waals surface area contributed by atoms with Gasteiger partial charge in [0.25, 0.3) is 0 Å². The first-order valence-electron chi connectivity index (χ1n) is 6.45. The van der Waals surface area contributed by atoms with Crippen molar-refractivity contribution in [2.75, 3.05) is 13.1 Å². The van der Waals surface area contributed by atoms with Gasteiger partial charge in [0.2, 0.25) is 0 Å². The van der Waals surface area contributed by atoms with Crippen LogP contribution in [-0.2, 0) is 6.42 Å². The molecule has 0 amide bonds. The minimum Gasteiger partial charge on any atom is -1.00 e. The van der Waals surface area contributed by atoms with Gasteiger partial charge in [-0.3, -0.25) is 0 Å². The second kappa shape index (κ2) is 8.70. The topological polar surface area (TPSA) is 36.8 Å². The van der Waals surface area contributed by atoms with Gasteiger partial charge in [-0.25, -0.2) is 0 Å². The lowest BCUT2D eigenvalue weighted by Crippen LogP contribution is -3.00. The average Bonchev–Trinajstić information content (AvgIpc) is 2.45. The van der Waals surface area contributed by atoms with E-state index in [2.05, 4.69) is 29.6 Å². The van der Waals surface area contributed by atoms with Gasteiger partial charge in [0.15, 0.2) is 0 Å². The van der Waals surface area contributed by atoms with Crippen LogP contribution in [0.1, 0.15) is 17.2 Å². The average molecular weight is 278 g/mol. The third-order valence-corrected chi connectivity index (χ3v) is 3.05. The molecule has 2 aromatic carbocycles. The SMILES string of the molecule is OC(C[NH2+]CCc1ccccc1)c1ccccc1.[Cl-]. The molecule has 0 bridgehead atoms. The molecule has 0 heterocycles. The Morgan fingerprint density at radius 3 is 2.11 bits per heavy atom. The van der Waals surface area contributed by atoms with Crippen LogP contribution in [0.3, 0.4) is 0 Å². The number of nitrogens with two attached hydrogens (primary N) is 1. The summed E-state index contributed by atoms with van der Waals surface area (Å²) in [6.07, 6.45) is 0.671. The van der Waals surface area contributed by atoms with E-state index < -0.39 is 0 Å². The van der Waals surface area contributed by atoms with Gasteiger partial charge >= 0.3 is 0 Å². The quantitative estimate of drug-likeness (QED) is 0.622. The van der Waals surface area contributed by atoms with Gasteiger partial charge in [0.1, 0.15) is 12.6 Å². The zero-order chi connectivity index (χ0) is 12.6. The molecule has 0 spiro atoms. The van der Waals surface area contributed by atoms with E-state index in [0.29, 0.717) is 0 Å². The van der Waals surface area contributed by atoms with Gasteiger partial charge in [-0.1, -0.05) is 60.7 Å². The Morgan fingerprint density at radius 1 is 0.895 bits per heavy atom. The van der Waals surface area contributed by atoms with Crippen molar-refractivity contribution >= 4 is 0 Å². The molecule has 3 heteroatoms. The summed E-state index contributed by atoms with van der Waals surface area (Å²) in [4.78, 5) is 0. The van der Waals surface area contributed by atoms with Gasteiger partial charge < -0.3 is 22.8 Å². The molecule has 0 aliphatic heterocycles. The molecule has 102 valence electrons. The summed E-state index contributed by atoms with van der Waals surface area (Å²) >= 11 is 0. The number of quaternary nitrogens is 1. The number of benzene rings is 2. The molecule has 1 atom stereocenters. The van der Waals surface area contributed by atoms with Crippen molar-refractivity contribution in [3.05, 3.63) is 71.8 Å². The van der Waals surface area contributed by atoms with E-state index in [4.69, 9.17) is 0 Å². The normalized spacial score (nSPS) is 11.6. The van der Waals surface area contributed by atoms with E-state index in [0.717, 1.165) is 25.1 Å². The zero-order valence-electron chi connectivity index (χ0n) is 10.9. The van der Waals surface area contributed by atoms with E-state index >= 15 is 0 Å². The van der Waals surface area contributed by atoms with Crippen molar-refractivity contribution in [1.82, 2.24) is 0 Å². The number of aliphatic hydroxyl groups is 1. The smallest absolute Gasteiger partial charge is 0.128 e. The molecular weight excluding hydrogens is 258 g/mol. The number of halogens is 1. The summed E-state index contributed by atoms with van der Waals surface area (Å²) in [5.74, 6) is 0. The summed E-state index contributed by atoms with van der Waals surface area (Å²) in [6.45, 7) is 1.73. The van der Waals surface area contributed by atoms with Crippen LogP contribution in [-0.4, -0.2) is 18.2 Å². The number of hydrogen-bond acceptors (Lipinski definition) is 1. The van der Waals surface area contributed by atoms with Crippen molar-refractivity contribution in [1.29, 1.82) is 0 Å². The highest BCUT2D eigenvalue weighted by molar-refractivity contribution is 5.17. The maximum absolute atomic E-state index is 9.99. The number of rotatable bonds is 6. The summed E-state index contributed by atoms with van der Waals surface area (Å²) in [5, 5.41) is 12.2. The van der Waals surface area contributed by atoms with Crippen LogP contribution in [0.2, 0.25) is 0 Å². The minimum absolute atomic E-state index is 0. The van der Waals surface area contributed by atoms with Crippen molar-refractivity contribution in [2.45, 2.75) is 12.5 Å². The summed E-state index contributed by atoms with van der Waals surface area (Å²) in [6, 6.07) is 20.3. The Labute approximate surface area is 120 Å². The fourth-order valence-corrected chi connectivity index (χ4v) is 2.00. The van der Waals surface area contributed by atoms with E-state index in [1.807, 2.05) is 36.4 Å². The first-order valence-corrected chi connectivity index (χ1v) is 6.45. The fourth-order valence-electron chi connectivity index (χ4n) is 2.00. The second-order valence-electron chi connectivity index (χ2n) is 4.48. The maximum atomic E-state index is 9.99. The lowest BCUT2D eigenvalue weighted by molar-refractivity contribution is -0.661. The van der Waals surface area contributed by atoms with Crippen molar-refractivity contribution < 1.29 is 22.8 Å². The van der Waals surface area contributed by atoms with Crippen molar-refractivity contribution in [3.8, 4) is 0 Å². The van der Waals surface area contributed by atoms with Gasteiger partial charge in [-0.05, 0) is 11.1 Å². The van der Waals surface area contributed by atoms with Crippen LogP contribution in [0.15, 0.2) is 60.7 Å². The lowest BCUT2D eigenvalue weighted by Gasteiger charge is -2.09. The largest absolute Gasteiger partial charge is 1.00 e. The lowest BCUT2D eigenvalue weighted by atomic mass is 10.1. The predicted molar refractivity (Wildman–Crippen MR) is 73.2 cm³/mol. The molecule has 0 fully saturated rings. The third-order valence-electron chi connectivity index (χ3n) is 3.05. The van der Waals surface area contributed by atoms with Crippen molar-refractivity contribution in [2.24, 2.45) is 0 Å². The first kappa shape index (κ1) is 15.7. The standard InChI is InChI=1S/C16H19NO.ClH/c18-16(15-9-5-2-6-10-15)13-17-12-11-14-7-3-1-4-8-14;/h1-10,16-18H,11-13H2;1H. The first-order chi connectivity index (χ1) is 8.86. The Hall–Kier alpha value is -1.35. The highest BCUT2D eigenvalue weighted by Crippen LogP contribution is 2.08. The Bertz CT molecular complexity index is 447. The molecule has 3 N–H and O–H groups in total. The summed E-state index contributed by atoms with van der Waals surface area (Å²) < 4.78 is 0. The Balaban J connectivity index is 0.00000180. The minimum atomic E-state index is -0.373. The fraction of sp³-hybridized carbons (Fsp3) is 0.250. The molecule has 0 aliphatic rings. The molecule has 2 aromatic rings. The van der Waals surface area contributed by atoms with E-state index in [9.17, 15) is 5.11 Å². The Morgan fingerprint density at radius 2 is 1.47 bits per heavy atom. The molecule has 0 saturated heterocycles. The molecule has 0 aromatic heterocycles. The molecule has 0 radical (unpaired) electrons.